The second-order valence-corrected chi connectivity index (χ2v) is 3.29. The molecule has 0 saturated heterocycles. The van der Waals surface area contributed by atoms with Crippen LogP contribution >= 0.6 is 15.9 Å². The second kappa shape index (κ2) is 5.12. The molecule has 1 aromatic rings. The minimum Gasteiger partial charge on any atom is -0.406 e. The van der Waals surface area contributed by atoms with Crippen LogP contribution in [0.5, 0.6) is 5.75 Å². The SMILES string of the molecule is Nc1ccc(OC(F)(F)F)cc1C#CCBr. The van der Waals surface area contributed by atoms with Gasteiger partial charge in [-0.25, -0.2) is 0 Å². The zero-order chi connectivity index (χ0) is 12.2. The maximum atomic E-state index is 11.9. The molecule has 16 heavy (non-hydrogen) atoms. The lowest BCUT2D eigenvalue weighted by atomic mass is 10.2. The van der Waals surface area contributed by atoms with Gasteiger partial charge < -0.3 is 10.5 Å². The zero-order valence-electron chi connectivity index (χ0n) is 7.94. The third-order valence-electron chi connectivity index (χ3n) is 1.55. The normalized spacial score (nSPS) is 10.5. The van der Waals surface area contributed by atoms with Crippen molar-refractivity contribution in [2.45, 2.75) is 6.36 Å². The summed E-state index contributed by atoms with van der Waals surface area (Å²) in [5.41, 5.74) is 6.15. The Morgan fingerprint density at radius 2 is 2.06 bits per heavy atom. The van der Waals surface area contributed by atoms with E-state index in [0.717, 1.165) is 12.1 Å². The lowest BCUT2D eigenvalue weighted by Gasteiger charge is -2.09. The Bertz CT molecular complexity index is 434. The van der Waals surface area contributed by atoms with Gasteiger partial charge >= 0.3 is 6.36 Å². The molecule has 0 unspecified atom stereocenters. The lowest BCUT2D eigenvalue weighted by Crippen LogP contribution is -2.17. The molecular weight excluding hydrogens is 287 g/mol. The molecule has 0 radical (unpaired) electrons. The quantitative estimate of drug-likeness (QED) is 0.491. The number of hydrogen-bond donors (Lipinski definition) is 1. The van der Waals surface area contributed by atoms with Gasteiger partial charge in [0, 0.05) is 5.69 Å². The lowest BCUT2D eigenvalue weighted by molar-refractivity contribution is -0.274. The molecule has 0 amide bonds. The van der Waals surface area contributed by atoms with E-state index in [-0.39, 0.29) is 5.75 Å². The number of ether oxygens (including phenoxy) is 1. The van der Waals surface area contributed by atoms with Gasteiger partial charge in [-0.05, 0) is 18.2 Å². The zero-order valence-corrected chi connectivity index (χ0v) is 9.52. The molecule has 0 saturated carbocycles. The third-order valence-corrected chi connectivity index (χ3v) is 1.83. The molecule has 6 heteroatoms. The van der Waals surface area contributed by atoms with Crippen LogP contribution in [0.15, 0.2) is 18.2 Å². The summed E-state index contributed by atoms with van der Waals surface area (Å²) >= 11 is 3.07. The number of rotatable bonds is 1. The molecule has 0 spiro atoms. The molecule has 0 heterocycles. The highest BCUT2D eigenvalue weighted by atomic mass is 79.9. The summed E-state index contributed by atoms with van der Waals surface area (Å²) < 4.78 is 39.5. The first-order chi connectivity index (χ1) is 7.42. The summed E-state index contributed by atoms with van der Waals surface area (Å²) in [5, 5.41) is 0.413. The first-order valence-electron chi connectivity index (χ1n) is 4.12. The van der Waals surface area contributed by atoms with Gasteiger partial charge in [0.05, 0.1) is 10.9 Å². The first kappa shape index (κ1) is 12.7. The largest absolute Gasteiger partial charge is 0.573 e. The van der Waals surface area contributed by atoms with Gasteiger partial charge in [0.15, 0.2) is 0 Å². The topological polar surface area (TPSA) is 35.2 Å². The minimum absolute atomic E-state index is 0.307. The molecule has 1 rings (SSSR count). The Morgan fingerprint density at radius 3 is 2.62 bits per heavy atom. The molecule has 2 N–H and O–H groups in total. The van der Waals surface area contributed by atoms with E-state index in [4.69, 9.17) is 5.73 Å². The van der Waals surface area contributed by atoms with Crippen LogP contribution in [0.4, 0.5) is 18.9 Å². The van der Waals surface area contributed by atoms with E-state index >= 15 is 0 Å². The van der Waals surface area contributed by atoms with Gasteiger partial charge in [-0.1, -0.05) is 27.8 Å². The van der Waals surface area contributed by atoms with Crippen molar-refractivity contribution in [3.05, 3.63) is 23.8 Å². The number of anilines is 1. The molecule has 0 atom stereocenters. The summed E-state index contributed by atoms with van der Waals surface area (Å²) in [5.74, 6) is 4.93. The van der Waals surface area contributed by atoms with Gasteiger partial charge in [0.1, 0.15) is 5.75 Å². The Kier molecular flexibility index (Phi) is 4.07. The van der Waals surface area contributed by atoms with Crippen LogP contribution in [0.2, 0.25) is 0 Å². The van der Waals surface area contributed by atoms with E-state index in [9.17, 15) is 13.2 Å². The Labute approximate surface area is 98.7 Å². The highest BCUT2D eigenvalue weighted by Crippen LogP contribution is 2.25. The molecule has 0 bridgehead atoms. The maximum Gasteiger partial charge on any atom is 0.573 e. The summed E-state index contributed by atoms with van der Waals surface area (Å²) in [6.07, 6.45) is -4.71. The van der Waals surface area contributed by atoms with Crippen molar-refractivity contribution in [2.75, 3.05) is 11.1 Å². The monoisotopic (exact) mass is 293 g/mol. The Morgan fingerprint density at radius 1 is 1.38 bits per heavy atom. The second-order valence-electron chi connectivity index (χ2n) is 2.73. The van der Waals surface area contributed by atoms with E-state index in [1.807, 2.05) is 0 Å². The highest BCUT2D eigenvalue weighted by Gasteiger charge is 2.31. The minimum atomic E-state index is -4.71. The number of halogens is 4. The van der Waals surface area contributed by atoms with Crippen LogP contribution in [0.3, 0.4) is 0 Å². The molecular formula is C10H7BrF3NO. The van der Waals surface area contributed by atoms with Crippen LogP contribution in [0, 0.1) is 11.8 Å². The molecule has 1 aromatic carbocycles. The number of nitrogen functional groups attached to an aromatic ring is 1. The van der Waals surface area contributed by atoms with Crippen LogP contribution in [0.1, 0.15) is 5.56 Å². The van der Waals surface area contributed by atoms with Crippen LogP contribution in [-0.4, -0.2) is 11.7 Å². The predicted octanol–water partition coefficient (Wildman–Crippen LogP) is 2.91. The Hall–Kier alpha value is -1.35. The van der Waals surface area contributed by atoms with E-state index < -0.39 is 6.36 Å². The fraction of sp³-hybridized carbons (Fsp3) is 0.200. The smallest absolute Gasteiger partial charge is 0.406 e. The van der Waals surface area contributed by atoms with Crippen LogP contribution in [-0.2, 0) is 0 Å². The average Bonchev–Trinajstić information content (AvgIpc) is 2.17. The molecule has 86 valence electrons. The van der Waals surface area contributed by atoms with Crippen molar-refractivity contribution >= 4 is 21.6 Å². The van der Waals surface area contributed by atoms with Gasteiger partial charge in [0.25, 0.3) is 0 Å². The van der Waals surface area contributed by atoms with Crippen molar-refractivity contribution in [1.29, 1.82) is 0 Å². The number of nitrogens with two attached hydrogens (primary N) is 1. The molecule has 0 fully saturated rings. The molecule has 0 aliphatic heterocycles. The highest BCUT2D eigenvalue weighted by molar-refractivity contribution is 9.09. The third kappa shape index (κ3) is 4.03. The van der Waals surface area contributed by atoms with Crippen molar-refractivity contribution in [3.63, 3.8) is 0 Å². The van der Waals surface area contributed by atoms with Crippen LogP contribution < -0.4 is 10.5 Å². The van der Waals surface area contributed by atoms with Crippen molar-refractivity contribution in [3.8, 4) is 17.6 Å². The summed E-state index contributed by atoms with van der Waals surface area (Å²) in [6.45, 7) is 0. The predicted molar refractivity (Wildman–Crippen MR) is 58.2 cm³/mol. The van der Waals surface area contributed by atoms with E-state index in [1.54, 1.807) is 0 Å². The number of hydrogen-bond acceptors (Lipinski definition) is 2. The number of alkyl halides is 4. The summed E-state index contributed by atoms with van der Waals surface area (Å²) in [4.78, 5) is 0. The van der Waals surface area contributed by atoms with E-state index in [0.29, 0.717) is 16.6 Å². The average molecular weight is 294 g/mol. The molecule has 0 aliphatic carbocycles. The summed E-state index contributed by atoms with van der Waals surface area (Å²) in [6, 6.07) is 3.61. The fourth-order valence-electron chi connectivity index (χ4n) is 0.969. The van der Waals surface area contributed by atoms with Crippen LogP contribution in [0.25, 0.3) is 0 Å². The van der Waals surface area contributed by atoms with Crippen molar-refractivity contribution < 1.29 is 17.9 Å². The molecule has 0 aromatic heterocycles. The molecule has 2 nitrogen and oxygen atoms in total. The van der Waals surface area contributed by atoms with E-state index in [1.165, 1.54) is 6.07 Å². The van der Waals surface area contributed by atoms with Gasteiger partial charge in [0.2, 0.25) is 0 Å². The van der Waals surface area contributed by atoms with Crippen molar-refractivity contribution in [2.24, 2.45) is 0 Å². The Balaban J connectivity index is 2.98. The van der Waals surface area contributed by atoms with Gasteiger partial charge in [-0.3, -0.25) is 0 Å². The number of benzene rings is 1. The van der Waals surface area contributed by atoms with Gasteiger partial charge in [-0.2, -0.15) is 0 Å². The van der Waals surface area contributed by atoms with Gasteiger partial charge in [-0.15, -0.1) is 13.2 Å². The molecule has 0 aliphatic rings. The standard InChI is InChI=1S/C10H7BrF3NO/c11-5-1-2-7-6-8(3-4-9(7)15)16-10(12,13)14/h3-4,6H,5,15H2. The van der Waals surface area contributed by atoms with E-state index in [2.05, 4.69) is 32.5 Å². The fourth-order valence-corrected chi connectivity index (χ4v) is 1.11. The maximum absolute atomic E-state index is 11.9. The van der Waals surface area contributed by atoms with Crippen molar-refractivity contribution in [1.82, 2.24) is 0 Å². The first-order valence-corrected chi connectivity index (χ1v) is 5.24. The summed E-state index contributed by atoms with van der Waals surface area (Å²) in [7, 11) is 0.